The third kappa shape index (κ3) is 3.22. The molecule has 0 spiro atoms. The Morgan fingerprint density at radius 1 is 1.17 bits per heavy atom. The Balaban J connectivity index is 1.71. The number of aromatic nitrogens is 2. The van der Waals surface area contributed by atoms with Crippen molar-refractivity contribution in [2.24, 2.45) is 11.3 Å². The lowest BCUT2D eigenvalue weighted by Gasteiger charge is -2.34. The van der Waals surface area contributed by atoms with E-state index in [4.69, 9.17) is 5.10 Å². The number of likely N-dealkylation sites (tertiary alicyclic amines) is 1. The van der Waals surface area contributed by atoms with Gasteiger partial charge in [-0.3, -0.25) is 9.59 Å². The number of hydrogen-bond acceptors (Lipinski definition) is 3. The van der Waals surface area contributed by atoms with Crippen molar-refractivity contribution >= 4 is 11.8 Å². The van der Waals surface area contributed by atoms with Crippen LogP contribution in [0.15, 0.2) is 30.3 Å². The molecule has 2 unspecified atom stereocenters. The second kappa shape index (κ2) is 7.25. The molecule has 0 aliphatic carbocycles. The van der Waals surface area contributed by atoms with Gasteiger partial charge in [-0.05, 0) is 31.4 Å². The number of carbonyl (C=O) groups excluding carboxylic acids is 2. The van der Waals surface area contributed by atoms with Crippen LogP contribution in [0.25, 0.3) is 5.69 Å². The van der Waals surface area contributed by atoms with Gasteiger partial charge >= 0.3 is 0 Å². The van der Waals surface area contributed by atoms with E-state index in [9.17, 15) is 9.59 Å². The third-order valence-electron chi connectivity index (χ3n) is 6.26. The first kappa shape index (κ1) is 20.6. The van der Waals surface area contributed by atoms with E-state index in [2.05, 4.69) is 13.8 Å². The van der Waals surface area contributed by atoms with Crippen molar-refractivity contribution in [3.8, 4) is 5.69 Å². The minimum absolute atomic E-state index is 0.0142. The zero-order chi connectivity index (χ0) is 21.8. The van der Waals surface area contributed by atoms with Crippen molar-refractivity contribution in [3.63, 3.8) is 0 Å². The van der Waals surface area contributed by atoms with Gasteiger partial charge in [0.05, 0.1) is 23.5 Å². The Hall–Kier alpha value is -2.63. The predicted octanol–water partition coefficient (Wildman–Crippen LogP) is 3.98. The number of amides is 2. The number of carbonyl (C=O) groups is 2. The molecule has 6 heteroatoms. The molecular formula is C24H32N4O2. The molecule has 0 saturated carbocycles. The van der Waals surface area contributed by atoms with E-state index in [1.54, 1.807) is 4.68 Å². The number of hydrogen-bond donors (Lipinski definition) is 0. The Bertz CT molecular complexity index is 971. The summed E-state index contributed by atoms with van der Waals surface area (Å²) in [6.07, 6.45) is 0.818. The molecule has 2 aliphatic heterocycles. The molecule has 3 heterocycles. The van der Waals surface area contributed by atoms with Crippen LogP contribution in [0.2, 0.25) is 0 Å². The number of rotatable bonds is 3. The van der Waals surface area contributed by atoms with Gasteiger partial charge in [-0.15, -0.1) is 0 Å². The zero-order valence-electron chi connectivity index (χ0n) is 18.8. The van der Waals surface area contributed by atoms with Crippen molar-refractivity contribution < 1.29 is 9.59 Å². The van der Waals surface area contributed by atoms with Crippen LogP contribution in [-0.4, -0.2) is 50.5 Å². The number of fused-ring (bicyclic) bond motifs is 1. The van der Waals surface area contributed by atoms with Crippen molar-refractivity contribution in [3.05, 3.63) is 47.3 Å². The maximum Gasteiger partial charge on any atom is 0.273 e. The summed E-state index contributed by atoms with van der Waals surface area (Å²) < 4.78 is 1.80. The maximum atomic E-state index is 13.7. The molecule has 1 aromatic carbocycles. The van der Waals surface area contributed by atoms with Gasteiger partial charge in [0.25, 0.3) is 5.91 Å². The highest BCUT2D eigenvalue weighted by atomic mass is 16.2. The Labute approximate surface area is 178 Å². The minimum Gasteiger partial charge on any atom is -0.340 e. The van der Waals surface area contributed by atoms with Gasteiger partial charge in [0, 0.05) is 24.1 Å². The molecule has 1 aromatic heterocycles. The van der Waals surface area contributed by atoms with Gasteiger partial charge in [0.15, 0.2) is 0 Å². The molecule has 6 nitrogen and oxygen atoms in total. The van der Waals surface area contributed by atoms with Gasteiger partial charge in [-0.2, -0.15) is 5.10 Å². The summed E-state index contributed by atoms with van der Waals surface area (Å²) in [4.78, 5) is 30.5. The van der Waals surface area contributed by atoms with Crippen molar-refractivity contribution in [2.75, 3.05) is 13.1 Å². The van der Waals surface area contributed by atoms with Gasteiger partial charge in [-0.1, -0.05) is 52.8 Å². The molecule has 0 radical (unpaired) electrons. The van der Waals surface area contributed by atoms with E-state index < -0.39 is 5.41 Å². The van der Waals surface area contributed by atoms with Crippen molar-refractivity contribution in [2.45, 2.75) is 60.0 Å². The van der Waals surface area contributed by atoms with Gasteiger partial charge in [0.1, 0.15) is 5.69 Å². The number of aryl methyl sites for hydroxylation is 1. The highest BCUT2D eigenvalue weighted by Gasteiger charge is 2.48. The zero-order valence-corrected chi connectivity index (χ0v) is 18.8. The van der Waals surface area contributed by atoms with Crippen LogP contribution >= 0.6 is 0 Å². The second-order valence-electron chi connectivity index (χ2n) is 9.94. The molecule has 1 fully saturated rings. The largest absolute Gasteiger partial charge is 0.340 e. The molecule has 30 heavy (non-hydrogen) atoms. The molecule has 4 rings (SSSR count). The molecular weight excluding hydrogens is 376 g/mol. The van der Waals surface area contributed by atoms with E-state index in [0.717, 1.165) is 23.4 Å². The monoisotopic (exact) mass is 408 g/mol. The number of nitrogens with zero attached hydrogens (tertiary/aromatic N) is 4. The standard InChI is InChI=1S/C24H32N4O2/c1-15(2)20-19-16(3)25-28(17-10-8-7-9-11-17)21(19)22(29)27(20)18-12-13-26(14-18)23(30)24(4,5)6/h7-11,15,18,20H,12-14H2,1-6H3. The third-order valence-corrected chi connectivity index (χ3v) is 6.26. The van der Waals surface area contributed by atoms with Crippen LogP contribution in [0.3, 0.4) is 0 Å². The van der Waals surface area contributed by atoms with Crippen LogP contribution in [0.4, 0.5) is 0 Å². The molecule has 0 N–H and O–H groups in total. The molecule has 2 amide bonds. The Morgan fingerprint density at radius 3 is 2.43 bits per heavy atom. The van der Waals surface area contributed by atoms with Crippen molar-refractivity contribution in [1.82, 2.24) is 19.6 Å². The van der Waals surface area contributed by atoms with Crippen molar-refractivity contribution in [1.29, 1.82) is 0 Å². The molecule has 2 aliphatic rings. The summed E-state index contributed by atoms with van der Waals surface area (Å²) in [6.45, 7) is 13.5. The fraction of sp³-hybridized carbons (Fsp3) is 0.542. The summed E-state index contributed by atoms with van der Waals surface area (Å²) >= 11 is 0. The molecule has 1 saturated heterocycles. The fourth-order valence-electron chi connectivity index (χ4n) is 4.92. The van der Waals surface area contributed by atoms with E-state index in [1.165, 1.54) is 0 Å². The average Bonchev–Trinajstić information content (AvgIpc) is 3.36. The SMILES string of the molecule is Cc1nn(-c2ccccc2)c2c1C(C(C)C)N(C1CCN(C(=O)C(C)(C)C)C1)C2=O. The topological polar surface area (TPSA) is 58.4 Å². The summed E-state index contributed by atoms with van der Waals surface area (Å²) in [7, 11) is 0. The molecule has 2 atom stereocenters. The lowest BCUT2D eigenvalue weighted by molar-refractivity contribution is -0.138. The molecule has 0 bridgehead atoms. The minimum atomic E-state index is -0.408. The quantitative estimate of drug-likeness (QED) is 0.772. The summed E-state index contributed by atoms with van der Waals surface area (Å²) in [6, 6.07) is 9.86. The van der Waals surface area contributed by atoms with E-state index in [-0.39, 0.29) is 29.8 Å². The normalized spacial score (nSPS) is 21.6. The van der Waals surface area contributed by atoms with E-state index in [1.807, 2.05) is 67.8 Å². The highest BCUT2D eigenvalue weighted by molar-refractivity contribution is 5.99. The first-order chi connectivity index (χ1) is 14.1. The number of benzene rings is 1. The van der Waals surface area contributed by atoms with Crippen LogP contribution in [0, 0.1) is 18.3 Å². The summed E-state index contributed by atoms with van der Waals surface area (Å²) in [5.74, 6) is 0.444. The number of para-hydroxylation sites is 1. The average molecular weight is 409 g/mol. The van der Waals surface area contributed by atoms with Gasteiger partial charge in [-0.25, -0.2) is 4.68 Å². The first-order valence-electron chi connectivity index (χ1n) is 10.9. The second-order valence-corrected chi connectivity index (χ2v) is 9.94. The van der Waals surface area contributed by atoms with Crippen LogP contribution < -0.4 is 0 Å². The predicted molar refractivity (Wildman–Crippen MR) is 116 cm³/mol. The van der Waals surface area contributed by atoms with Crippen LogP contribution in [0.1, 0.15) is 68.8 Å². The lowest BCUT2D eigenvalue weighted by atomic mass is 9.95. The van der Waals surface area contributed by atoms with Crippen LogP contribution in [0.5, 0.6) is 0 Å². The maximum absolute atomic E-state index is 13.7. The fourth-order valence-corrected chi connectivity index (χ4v) is 4.92. The van der Waals surface area contributed by atoms with Gasteiger partial charge < -0.3 is 9.80 Å². The lowest BCUT2D eigenvalue weighted by Crippen LogP contribution is -2.44. The van der Waals surface area contributed by atoms with E-state index >= 15 is 0 Å². The van der Waals surface area contributed by atoms with E-state index in [0.29, 0.717) is 18.8 Å². The van der Waals surface area contributed by atoms with Gasteiger partial charge in [0.2, 0.25) is 5.91 Å². The Kier molecular flexibility index (Phi) is 4.99. The first-order valence-corrected chi connectivity index (χ1v) is 10.9. The highest BCUT2D eigenvalue weighted by Crippen LogP contribution is 2.44. The Morgan fingerprint density at radius 2 is 1.83 bits per heavy atom. The van der Waals surface area contributed by atoms with Crippen LogP contribution in [-0.2, 0) is 4.79 Å². The molecule has 160 valence electrons. The smallest absolute Gasteiger partial charge is 0.273 e. The summed E-state index contributed by atoms with van der Waals surface area (Å²) in [5.41, 5.74) is 3.12. The summed E-state index contributed by atoms with van der Waals surface area (Å²) in [5, 5.41) is 4.73. The molecule has 2 aromatic rings.